The summed E-state index contributed by atoms with van der Waals surface area (Å²) in [5.74, 6) is -0.0498. The normalized spacial score (nSPS) is 12.8. The van der Waals surface area contributed by atoms with Crippen LogP contribution in [0.15, 0.2) is 60.8 Å². The Balaban J connectivity index is 3.36. The summed E-state index contributed by atoms with van der Waals surface area (Å²) < 4.78 is 5.51. The van der Waals surface area contributed by atoms with Gasteiger partial charge in [0.25, 0.3) is 0 Å². The fourth-order valence-electron chi connectivity index (χ4n) is 12.4. The number of unbranched alkanes of at least 4 members (excludes halogenated alkanes) is 56. The van der Waals surface area contributed by atoms with Crippen LogP contribution in [-0.4, -0.2) is 47.4 Å². The maximum absolute atomic E-state index is 12.5. The summed E-state index contributed by atoms with van der Waals surface area (Å²) in [5, 5.41) is 23.2. The van der Waals surface area contributed by atoms with Crippen LogP contribution < -0.4 is 5.32 Å². The van der Waals surface area contributed by atoms with Crippen LogP contribution in [0.4, 0.5) is 0 Å². The Labute approximate surface area is 556 Å². The topological polar surface area (TPSA) is 95.9 Å². The molecule has 0 aromatic heterocycles. The zero-order chi connectivity index (χ0) is 64.2. The summed E-state index contributed by atoms with van der Waals surface area (Å²) in [4.78, 5) is 24.6. The second-order valence-corrected chi connectivity index (χ2v) is 27.4. The molecule has 0 saturated carbocycles. The van der Waals surface area contributed by atoms with Gasteiger partial charge in [0.15, 0.2) is 0 Å². The minimum absolute atomic E-state index is 0.0130. The van der Waals surface area contributed by atoms with Crippen molar-refractivity contribution < 1.29 is 24.5 Å². The molecule has 0 aliphatic carbocycles. The van der Waals surface area contributed by atoms with Crippen LogP contribution in [0.1, 0.15) is 431 Å². The Morgan fingerprint density at radius 2 is 0.562 bits per heavy atom. The first-order valence-corrected chi connectivity index (χ1v) is 40.1. The van der Waals surface area contributed by atoms with E-state index in [-0.39, 0.29) is 18.5 Å². The van der Waals surface area contributed by atoms with Gasteiger partial charge < -0.3 is 20.3 Å². The quantitative estimate of drug-likeness (QED) is 0.0320. The summed E-state index contributed by atoms with van der Waals surface area (Å²) in [6.45, 7) is 4.92. The van der Waals surface area contributed by atoms with Gasteiger partial charge in [0.1, 0.15) is 0 Å². The number of hydrogen-bond acceptors (Lipinski definition) is 5. The molecule has 0 heterocycles. The van der Waals surface area contributed by atoms with Gasteiger partial charge in [0.05, 0.1) is 25.4 Å². The van der Waals surface area contributed by atoms with Crippen LogP contribution >= 0.6 is 0 Å². The average Bonchev–Trinajstić information content (AvgIpc) is 3.59. The van der Waals surface area contributed by atoms with E-state index in [4.69, 9.17) is 4.74 Å². The van der Waals surface area contributed by atoms with E-state index in [0.717, 1.165) is 57.8 Å². The third-order valence-electron chi connectivity index (χ3n) is 18.5. The van der Waals surface area contributed by atoms with Gasteiger partial charge in [-0.05, 0) is 96.3 Å². The molecule has 6 heteroatoms. The largest absolute Gasteiger partial charge is 0.466 e. The second-order valence-electron chi connectivity index (χ2n) is 27.4. The van der Waals surface area contributed by atoms with Gasteiger partial charge in [0, 0.05) is 12.8 Å². The number of aliphatic hydroxyl groups excluding tert-OH is 2. The molecule has 0 aromatic rings. The molecule has 89 heavy (non-hydrogen) atoms. The highest BCUT2D eigenvalue weighted by Gasteiger charge is 2.18. The van der Waals surface area contributed by atoms with Crippen molar-refractivity contribution in [2.45, 2.75) is 443 Å². The zero-order valence-corrected chi connectivity index (χ0v) is 59.9. The summed E-state index contributed by atoms with van der Waals surface area (Å²) >= 11 is 0. The van der Waals surface area contributed by atoms with Gasteiger partial charge in [-0.1, -0.05) is 383 Å². The molecule has 0 rings (SSSR count). The molecule has 3 N–H and O–H groups in total. The maximum Gasteiger partial charge on any atom is 0.305 e. The number of carbonyl (C=O) groups excluding carboxylic acids is 2. The number of nitrogens with one attached hydrogen (secondary N) is 1. The molecule has 522 valence electrons. The van der Waals surface area contributed by atoms with Gasteiger partial charge in [0.2, 0.25) is 5.91 Å². The molecule has 1 amide bonds. The van der Waals surface area contributed by atoms with Crippen LogP contribution in [0.3, 0.4) is 0 Å². The number of carbonyl (C=O) groups is 2. The van der Waals surface area contributed by atoms with Gasteiger partial charge in [-0.2, -0.15) is 0 Å². The molecule has 0 aromatic carbocycles. The van der Waals surface area contributed by atoms with E-state index in [1.54, 1.807) is 6.08 Å². The van der Waals surface area contributed by atoms with E-state index in [0.29, 0.717) is 19.4 Å². The molecule has 0 aliphatic heterocycles. The number of allylic oxidation sites excluding steroid dienone is 9. The minimum Gasteiger partial charge on any atom is -0.466 e. The third-order valence-corrected chi connectivity index (χ3v) is 18.5. The van der Waals surface area contributed by atoms with Gasteiger partial charge in [-0.3, -0.25) is 9.59 Å². The van der Waals surface area contributed by atoms with Crippen LogP contribution in [0.2, 0.25) is 0 Å². The fourth-order valence-corrected chi connectivity index (χ4v) is 12.4. The van der Waals surface area contributed by atoms with Crippen molar-refractivity contribution in [3.8, 4) is 0 Å². The van der Waals surface area contributed by atoms with Crippen molar-refractivity contribution in [2.75, 3.05) is 13.2 Å². The Bertz CT molecular complexity index is 1530. The third kappa shape index (κ3) is 74.5. The molecular formula is C83H155NO5. The number of amides is 1. The molecule has 0 spiro atoms. The SMILES string of the molecule is CCCCCC/C=C\C/C=C\CCCCCCCCCC(=O)OCCCCCCCCCCCCCCCCC/C=C\C/C=C\CCCCCCCCCCCCCCCCCCCC(=O)NC(CO)C(O)/C=C/CCCCCCCCCCCCCCC. The number of hydrogen-bond donors (Lipinski definition) is 3. The molecular weight excluding hydrogens is 1090 g/mol. The predicted octanol–water partition coefficient (Wildman–Crippen LogP) is 26.5. The highest BCUT2D eigenvalue weighted by molar-refractivity contribution is 5.76. The monoisotopic (exact) mass is 1250 g/mol. The molecule has 0 bridgehead atoms. The van der Waals surface area contributed by atoms with E-state index in [1.165, 1.54) is 347 Å². The van der Waals surface area contributed by atoms with Crippen LogP contribution in [0.25, 0.3) is 0 Å². The summed E-state index contributed by atoms with van der Waals surface area (Å²) in [6.07, 6.45) is 105. The van der Waals surface area contributed by atoms with Gasteiger partial charge in [-0.25, -0.2) is 0 Å². The van der Waals surface area contributed by atoms with E-state index >= 15 is 0 Å². The maximum atomic E-state index is 12.5. The molecule has 0 saturated heterocycles. The fraction of sp³-hybridized carbons (Fsp3) is 0.855. The van der Waals surface area contributed by atoms with Crippen molar-refractivity contribution >= 4 is 11.9 Å². The van der Waals surface area contributed by atoms with Crippen LogP contribution in [0.5, 0.6) is 0 Å². The Morgan fingerprint density at radius 3 is 0.865 bits per heavy atom. The number of rotatable bonds is 75. The van der Waals surface area contributed by atoms with Crippen LogP contribution in [-0.2, 0) is 14.3 Å². The molecule has 0 radical (unpaired) electrons. The molecule has 2 atom stereocenters. The lowest BCUT2D eigenvalue weighted by Gasteiger charge is -2.20. The number of ether oxygens (including phenoxy) is 1. The lowest BCUT2D eigenvalue weighted by atomic mass is 10.0. The van der Waals surface area contributed by atoms with Crippen molar-refractivity contribution in [1.82, 2.24) is 5.32 Å². The molecule has 2 unspecified atom stereocenters. The first-order chi connectivity index (χ1) is 44.0. The first-order valence-electron chi connectivity index (χ1n) is 40.1. The Morgan fingerprint density at radius 1 is 0.315 bits per heavy atom. The van der Waals surface area contributed by atoms with Crippen LogP contribution in [0, 0.1) is 0 Å². The molecule has 6 nitrogen and oxygen atoms in total. The zero-order valence-electron chi connectivity index (χ0n) is 59.9. The van der Waals surface area contributed by atoms with Gasteiger partial charge in [-0.15, -0.1) is 0 Å². The summed E-state index contributed by atoms with van der Waals surface area (Å²) in [6, 6.07) is -0.626. The second kappa shape index (κ2) is 78.0. The number of aliphatic hydroxyl groups is 2. The van der Waals surface area contributed by atoms with Crippen molar-refractivity contribution in [3.05, 3.63) is 60.8 Å². The standard InChI is InChI=1S/C83H155NO5/c1-3-5-7-9-11-13-15-17-19-20-45-49-53-57-61-65-69-73-77-83(88)89-78-74-70-66-62-58-54-50-46-43-41-39-37-35-33-31-29-27-25-23-21-22-24-26-28-30-32-34-36-38-40-42-44-48-52-56-60-64-68-72-76-82(87)84-80(79-85)81(86)75-71-67-63-59-55-51-47-18-16-14-12-10-8-6-4-2/h13,15,19-22,25,27,71,75,80-81,85-86H,3-12,14,16-18,23-24,26,28-70,72-74,76-79H2,1-2H3,(H,84,87)/b15-13-,20-19-,22-21-,27-25-,75-71+. The van der Waals surface area contributed by atoms with E-state index in [2.05, 4.69) is 67.8 Å². The summed E-state index contributed by atoms with van der Waals surface area (Å²) in [7, 11) is 0. The van der Waals surface area contributed by atoms with E-state index in [1.807, 2.05) is 6.08 Å². The Kier molecular flexibility index (Phi) is 75.9. The number of esters is 1. The highest BCUT2D eigenvalue weighted by atomic mass is 16.5. The van der Waals surface area contributed by atoms with E-state index < -0.39 is 12.1 Å². The van der Waals surface area contributed by atoms with E-state index in [9.17, 15) is 19.8 Å². The lowest BCUT2D eigenvalue weighted by molar-refractivity contribution is -0.143. The molecule has 0 aliphatic rings. The Hall–Kier alpha value is -2.44. The van der Waals surface area contributed by atoms with Crippen molar-refractivity contribution in [1.29, 1.82) is 0 Å². The first kappa shape index (κ1) is 86.6. The molecule has 0 fully saturated rings. The minimum atomic E-state index is -0.843. The summed E-state index contributed by atoms with van der Waals surface area (Å²) in [5.41, 5.74) is 0. The highest BCUT2D eigenvalue weighted by Crippen LogP contribution is 2.19. The smallest absolute Gasteiger partial charge is 0.305 e. The van der Waals surface area contributed by atoms with Gasteiger partial charge >= 0.3 is 5.97 Å². The predicted molar refractivity (Wildman–Crippen MR) is 393 cm³/mol. The van der Waals surface area contributed by atoms with Crippen molar-refractivity contribution in [3.63, 3.8) is 0 Å². The van der Waals surface area contributed by atoms with Crippen molar-refractivity contribution in [2.24, 2.45) is 0 Å². The average molecular weight is 1250 g/mol. The lowest BCUT2D eigenvalue weighted by Crippen LogP contribution is -2.45.